The molecule has 0 aliphatic carbocycles. The molecule has 0 fully saturated rings. The third kappa shape index (κ3) is 2.47. The second kappa shape index (κ2) is 6.41. The second-order valence-corrected chi connectivity index (χ2v) is 9.22. The van der Waals surface area contributed by atoms with E-state index in [9.17, 15) is 0 Å². The lowest BCUT2D eigenvalue weighted by atomic mass is 9.94. The van der Waals surface area contributed by atoms with E-state index in [1.54, 1.807) is 0 Å². The Morgan fingerprint density at radius 3 is 2.00 bits per heavy atom. The van der Waals surface area contributed by atoms with Crippen LogP contribution in [0.3, 0.4) is 0 Å². The van der Waals surface area contributed by atoms with Crippen LogP contribution < -0.4 is 0 Å². The molecule has 7 rings (SSSR count). The van der Waals surface area contributed by atoms with Crippen LogP contribution in [0.5, 0.6) is 0 Å². The molecular formula is C30H18S. The Hall–Kier alpha value is -3.68. The molecule has 0 unspecified atom stereocenters. The van der Waals surface area contributed by atoms with E-state index in [2.05, 4.69) is 109 Å². The van der Waals surface area contributed by atoms with Crippen molar-refractivity contribution in [3.05, 3.63) is 109 Å². The zero-order valence-electron chi connectivity index (χ0n) is 16.8. The fourth-order valence-corrected chi connectivity index (χ4v) is 6.20. The maximum Gasteiger partial charge on any atom is 0.0433 e. The number of fused-ring (bicyclic) bond motifs is 8. The van der Waals surface area contributed by atoms with E-state index < -0.39 is 0 Å². The number of hydrogen-bond acceptors (Lipinski definition) is 1. The van der Waals surface area contributed by atoms with Gasteiger partial charge in [0.2, 0.25) is 0 Å². The van der Waals surface area contributed by atoms with Gasteiger partial charge in [-0.15, -0.1) is 11.3 Å². The van der Waals surface area contributed by atoms with Gasteiger partial charge in [-0.2, -0.15) is 0 Å². The molecule has 0 aliphatic heterocycles. The molecule has 0 atom stereocenters. The highest BCUT2D eigenvalue weighted by molar-refractivity contribution is 7.26. The van der Waals surface area contributed by atoms with Crippen molar-refractivity contribution in [1.29, 1.82) is 0 Å². The molecule has 1 heterocycles. The van der Waals surface area contributed by atoms with Crippen molar-refractivity contribution in [2.45, 2.75) is 0 Å². The summed E-state index contributed by atoms with van der Waals surface area (Å²) in [5.74, 6) is 0. The van der Waals surface area contributed by atoms with E-state index >= 15 is 0 Å². The molecule has 6 aromatic carbocycles. The minimum atomic E-state index is 1.28. The highest BCUT2D eigenvalue weighted by atomic mass is 32.1. The lowest BCUT2D eigenvalue weighted by Crippen LogP contribution is -1.83. The van der Waals surface area contributed by atoms with Crippen molar-refractivity contribution >= 4 is 63.8 Å². The molecule has 0 amide bonds. The van der Waals surface area contributed by atoms with Gasteiger partial charge in [0.25, 0.3) is 0 Å². The fraction of sp³-hybridized carbons (Fsp3) is 0. The monoisotopic (exact) mass is 410 g/mol. The average Bonchev–Trinajstić information content (AvgIpc) is 3.22. The van der Waals surface area contributed by atoms with Gasteiger partial charge in [-0.3, -0.25) is 0 Å². The van der Waals surface area contributed by atoms with Gasteiger partial charge >= 0.3 is 0 Å². The minimum absolute atomic E-state index is 1.28. The SMILES string of the molecule is c1ccc2c(c1)ccc1c3cc(-c4cccc5c4sc4ccccc45)ccc3ccc21. The molecule has 144 valence electrons. The van der Waals surface area contributed by atoms with Gasteiger partial charge in [-0.25, -0.2) is 0 Å². The summed E-state index contributed by atoms with van der Waals surface area (Å²) in [7, 11) is 0. The first-order chi connectivity index (χ1) is 15.4. The van der Waals surface area contributed by atoms with E-state index in [1.807, 2.05) is 11.3 Å². The van der Waals surface area contributed by atoms with E-state index in [-0.39, 0.29) is 0 Å². The topological polar surface area (TPSA) is 0 Å². The van der Waals surface area contributed by atoms with Crippen molar-refractivity contribution in [3.63, 3.8) is 0 Å². The molecule has 0 saturated heterocycles. The van der Waals surface area contributed by atoms with E-state index in [0.29, 0.717) is 0 Å². The number of rotatable bonds is 1. The highest BCUT2D eigenvalue weighted by Crippen LogP contribution is 2.41. The highest BCUT2D eigenvalue weighted by Gasteiger charge is 2.11. The summed E-state index contributed by atoms with van der Waals surface area (Å²) >= 11 is 1.89. The van der Waals surface area contributed by atoms with Crippen LogP contribution in [-0.2, 0) is 0 Å². The third-order valence-corrected chi connectivity index (χ3v) is 7.68. The Balaban J connectivity index is 1.55. The molecule has 7 aromatic rings. The summed E-state index contributed by atoms with van der Waals surface area (Å²) in [5, 5.41) is 10.6. The molecule has 1 aromatic heterocycles. The maximum atomic E-state index is 2.38. The van der Waals surface area contributed by atoms with Crippen molar-refractivity contribution in [1.82, 2.24) is 0 Å². The fourth-order valence-electron chi connectivity index (χ4n) is 4.96. The van der Waals surface area contributed by atoms with Gasteiger partial charge in [0, 0.05) is 20.2 Å². The standard InChI is InChI=1S/C30H18S/c1-2-7-22-19(6-1)14-17-25-24(22)16-15-20-12-13-21(18-28(20)25)23-9-5-10-27-26-8-3-4-11-29(26)31-30(23)27/h1-18H. The van der Waals surface area contributed by atoms with Gasteiger partial charge in [0.1, 0.15) is 0 Å². The second-order valence-electron chi connectivity index (χ2n) is 8.16. The van der Waals surface area contributed by atoms with E-state index in [1.165, 1.54) is 63.6 Å². The Morgan fingerprint density at radius 2 is 1.10 bits per heavy atom. The van der Waals surface area contributed by atoms with Gasteiger partial charge in [0.05, 0.1) is 0 Å². The average molecular weight is 411 g/mol. The summed E-state index contributed by atoms with van der Waals surface area (Å²) < 4.78 is 2.72. The minimum Gasteiger partial charge on any atom is -0.135 e. The normalized spacial score (nSPS) is 11.9. The Labute approximate surface area is 184 Å². The van der Waals surface area contributed by atoms with Crippen molar-refractivity contribution < 1.29 is 0 Å². The Bertz CT molecular complexity index is 1790. The molecule has 0 N–H and O–H groups in total. The molecule has 0 bridgehead atoms. The predicted octanol–water partition coefficient (Wildman–Crippen LogP) is 9.18. The first kappa shape index (κ1) is 17.0. The van der Waals surface area contributed by atoms with Gasteiger partial charge < -0.3 is 0 Å². The van der Waals surface area contributed by atoms with E-state index in [0.717, 1.165) is 0 Å². The van der Waals surface area contributed by atoms with Crippen molar-refractivity contribution in [3.8, 4) is 11.1 Å². The maximum absolute atomic E-state index is 2.38. The zero-order valence-corrected chi connectivity index (χ0v) is 17.6. The van der Waals surface area contributed by atoms with Crippen LogP contribution in [0.2, 0.25) is 0 Å². The summed E-state index contributed by atoms with van der Waals surface area (Å²) in [5.41, 5.74) is 2.60. The largest absolute Gasteiger partial charge is 0.135 e. The Kier molecular flexibility index (Phi) is 3.52. The van der Waals surface area contributed by atoms with Gasteiger partial charge in [0.15, 0.2) is 0 Å². The van der Waals surface area contributed by atoms with Crippen LogP contribution in [0.1, 0.15) is 0 Å². The third-order valence-electron chi connectivity index (χ3n) is 6.46. The summed E-state index contributed by atoms with van der Waals surface area (Å²) in [6.45, 7) is 0. The van der Waals surface area contributed by atoms with Crippen LogP contribution in [0.25, 0.3) is 63.6 Å². The van der Waals surface area contributed by atoms with E-state index in [4.69, 9.17) is 0 Å². The Morgan fingerprint density at radius 1 is 0.419 bits per heavy atom. The zero-order chi connectivity index (χ0) is 20.4. The molecule has 31 heavy (non-hydrogen) atoms. The lowest BCUT2D eigenvalue weighted by Gasteiger charge is -2.10. The van der Waals surface area contributed by atoms with Crippen LogP contribution in [0, 0.1) is 0 Å². The van der Waals surface area contributed by atoms with Crippen molar-refractivity contribution in [2.75, 3.05) is 0 Å². The number of thiophene rings is 1. The molecule has 1 heteroatoms. The number of hydrogen-bond donors (Lipinski definition) is 0. The van der Waals surface area contributed by atoms with Crippen molar-refractivity contribution in [2.24, 2.45) is 0 Å². The quantitative estimate of drug-likeness (QED) is 0.237. The van der Waals surface area contributed by atoms with Gasteiger partial charge in [-0.05, 0) is 55.6 Å². The summed E-state index contributed by atoms with van der Waals surface area (Å²) in [6, 6.07) is 40.1. The number of benzene rings is 6. The molecule has 0 radical (unpaired) electrons. The molecular weight excluding hydrogens is 392 g/mol. The van der Waals surface area contributed by atoms with Gasteiger partial charge in [-0.1, -0.05) is 97.1 Å². The molecule has 0 aliphatic rings. The van der Waals surface area contributed by atoms with Crippen LogP contribution in [0.4, 0.5) is 0 Å². The summed E-state index contributed by atoms with van der Waals surface area (Å²) in [4.78, 5) is 0. The predicted molar refractivity (Wildman–Crippen MR) is 137 cm³/mol. The molecule has 0 spiro atoms. The lowest BCUT2D eigenvalue weighted by molar-refractivity contribution is 1.72. The van der Waals surface area contributed by atoms with Crippen LogP contribution in [-0.4, -0.2) is 0 Å². The summed E-state index contributed by atoms with van der Waals surface area (Å²) in [6.07, 6.45) is 0. The smallest absolute Gasteiger partial charge is 0.0433 e. The van der Waals surface area contributed by atoms with Crippen LogP contribution in [0.15, 0.2) is 109 Å². The van der Waals surface area contributed by atoms with Crippen LogP contribution >= 0.6 is 11.3 Å². The first-order valence-electron chi connectivity index (χ1n) is 10.6. The first-order valence-corrected chi connectivity index (χ1v) is 11.4. The molecule has 0 saturated carbocycles. The molecule has 0 nitrogen and oxygen atoms in total.